The summed E-state index contributed by atoms with van der Waals surface area (Å²) in [6.07, 6.45) is 3.31. The van der Waals surface area contributed by atoms with Crippen LogP contribution >= 0.6 is 11.8 Å². The molecule has 0 bridgehead atoms. The molecule has 0 saturated heterocycles. The Hall–Kier alpha value is -2.81. The molecule has 178 valence electrons. The highest BCUT2D eigenvalue weighted by molar-refractivity contribution is 7.99. The smallest absolute Gasteiger partial charge is 0.309 e. The maximum atomic E-state index is 12.8. The van der Waals surface area contributed by atoms with Crippen LogP contribution in [0.5, 0.6) is 11.8 Å². The van der Waals surface area contributed by atoms with Crippen molar-refractivity contribution in [1.82, 2.24) is 15.3 Å². The number of nitrogens with zero attached hydrogens (tertiary/aromatic N) is 2. The highest BCUT2D eigenvalue weighted by atomic mass is 32.2. The molecule has 1 heterocycles. The molecule has 2 aromatic rings. The Morgan fingerprint density at radius 1 is 1.03 bits per heavy atom. The number of carbonyl (C=O) groups excluding carboxylic acids is 2. The highest BCUT2D eigenvalue weighted by Crippen LogP contribution is 2.35. The number of aromatic nitrogens is 2. The van der Waals surface area contributed by atoms with Crippen LogP contribution in [0.2, 0.25) is 0 Å². The van der Waals surface area contributed by atoms with Gasteiger partial charge in [0, 0.05) is 12.3 Å². The van der Waals surface area contributed by atoms with Gasteiger partial charge >= 0.3 is 5.97 Å². The fourth-order valence-electron chi connectivity index (χ4n) is 4.06. The lowest BCUT2D eigenvalue weighted by atomic mass is 9.78. The average Bonchev–Trinajstić information content (AvgIpc) is 2.88. The number of benzene rings is 1. The van der Waals surface area contributed by atoms with Crippen molar-refractivity contribution in [3.63, 3.8) is 0 Å². The van der Waals surface area contributed by atoms with Gasteiger partial charge in [-0.15, -0.1) is 11.8 Å². The van der Waals surface area contributed by atoms with Crippen molar-refractivity contribution in [2.45, 2.75) is 30.9 Å². The predicted octanol–water partition coefficient (Wildman–Crippen LogP) is 3.41. The number of rotatable bonds is 10. The minimum absolute atomic E-state index is 0.0822. The van der Waals surface area contributed by atoms with Crippen LogP contribution in [0.1, 0.15) is 42.3 Å². The number of hydrogen-bond donors (Lipinski definition) is 1. The first-order valence-corrected chi connectivity index (χ1v) is 12.1. The third kappa shape index (κ3) is 6.60. The second-order valence-electron chi connectivity index (χ2n) is 7.78. The van der Waals surface area contributed by atoms with Crippen molar-refractivity contribution in [3.05, 3.63) is 47.8 Å². The van der Waals surface area contributed by atoms with E-state index in [1.165, 1.54) is 7.11 Å². The summed E-state index contributed by atoms with van der Waals surface area (Å²) in [5.41, 5.74) is 1.04. The van der Waals surface area contributed by atoms with Gasteiger partial charge in [0.2, 0.25) is 17.7 Å². The van der Waals surface area contributed by atoms with Crippen molar-refractivity contribution in [2.24, 2.45) is 11.8 Å². The number of thioether (sulfide) groups is 1. The first kappa shape index (κ1) is 24.8. The first-order valence-electron chi connectivity index (χ1n) is 11.1. The molecule has 9 heteroatoms. The Kier molecular flexibility index (Phi) is 9.35. The summed E-state index contributed by atoms with van der Waals surface area (Å²) in [7, 11) is 4.49. The maximum Gasteiger partial charge on any atom is 0.309 e. The summed E-state index contributed by atoms with van der Waals surface area (Å²) in [5.74, 6) is 1.02. The number of esters is 1. The van der Waals surface area contributed by atoms with Crippen LogP contribution in [0.15, 0.2) is 36.4 Å². The standard InChI is InChI=1S/C24H31N3O5S/c1-30-19-15-20(31-2)27-22(26-19)21(16-9-5-4-6-10-16)33-14-13-25-23(28)17-11-7-8-12-18(17)24(29)32-3/h4-6,9-10,15,17-18,21H,7-8,11-14H2,1-3H3,(H,25,28)/t17-,18-,21-/m1/s1. The summed E-state index contributed by atoms with van der Waals surface area (Å²) < 4.78 is 15.5. The lowest BCUT2D eigenvalue weighted by Crippen LogP contribution is -2.40. The number of carbonyl (C=O) groups is 2. The van der Waals surface area contributed by atoms with Crippen LogP contribution in [-0.4, -0.2) is 55.5 Å². The molecule has 3 rings (SSSR count). The first-order chi connectivity index (χ1) is 16.1. The normalized spacial score (nSPS) is 18.8. The summed E-state index contributed by atoms with van der Waals surface area (Å²) in [6, 6.07) is 11.6. The Labute approximate surface area is 198 Å². The molecular formula is C24H31N3O5S. The summed E-state index contributed by atoms with van der Waals surface area (Å²) >= 11 is 1.62. The molecule has 3 atom stereocenters. The van der Waals surface area contributed by atoms with E-state index in [1.54, 1.807) is 32.0 Å². The summed E-state index contributed by atoms with van der Waals surface area (Å²) in [6.45, 7) is 0.471. The van der Waals surface area contributed by atoms with Crippen molar-refractivity contribution in [2.75, 3.05) is 33.6 Å². The fourth-order valence-corrected chi connectivity index (χ4v) is 5.11. The molecule has 1 aliphatic rings. The molecule has 0 aliphatic heterocycles. The van der Waals surface area contributed by atoms with Gasteiger partial charge in [-0.2, -0.15) is 9.97 Å². The number of ether oxygens (including phenoxy) is 3. The molecule has 1 N–H and O–H groups in total. The van der Waals surface area contributed by atoms with Gasteiger partial charge in [-0.05, 0) is 18.4 Å². The molecule has 1 aromatic heterocycles. The van der Waals surface area contributed by atoms with Crippen molar-refractivity contribution < 1.29 is 23.8 Å². The molecule has 1 fully saturated rings. The van der Waals surface area contributed by atoms with Crippen LogP contribution in [0.4, 0.5) is 0 Å². The molecule has 1 saturated carbocycles. The van der Waals surface area contributed by atoms with Crippen molar-refractivity contribution >= 4 is 23.6 Å². The topological polar surface area (TPSA) is 99.6 Å². The predicted molar refractivity (Wildman–Crippen MR) is 126 cm³/mol. The zero-order valence-corrected chi connectivity index (χ0v) is 20.1. The second-order valence-corrected chi connectivity index (χ2v) is 9.00. The zero-order chi connectivity index (χ0) is 23.6. The maximum absolute atomic E-state index is 12.8. The van der Waals surface area contributed by atoms with E-state index in [2.05, 4.69) is 15.3 Å². The third-order valence-corrected chi connectivity index (χ3v) is 7.00. The Bertz CT molecular complexity index is 905. The van der Waals surface area contributed by atoms with Gasteiger partial charge < -0.3 is 19.5 Å². The lowest BCUT2D eigenvalue weighted by molar-refractivity contribution is -0.152. The van der Waals surface area contributed by atoms with E-state index in [0.29, 0.717) is 42.7 Å². The van der Waals surface area contributed by atoms with Crippen LogP contribution < -0.4 is 14.8 Å². The quantitative estimate of drug-likeness (QED) is 0.414. The molecule has 1 aliphatic carbocycles. The van der Waals surface area contributed by atoms with E-state index in [1.807, 2.05) is 30.3 Å². The molecule has 0 unspecified atom stereocenters. The van der Waals surface area contributed by atoms with E-state index in [4.69, 9.17) is 14.2 Å². The van der Waals surface area contributed by atoms with Gasteiger partial charge in [-0.1, -0.05) is 43.2 Å². The molecule has 0 spiro atoms. The van der Waals surface area contributed by atoms with Crippen LogP contribution in [-0.2, 0) is 14.3 Å². The molecule has 1 amide bonds. The highest BCUT2D eigenvalue weighted by Gasteiger charge is 2.36. The van der Waals surface area contributed by atoms with Gasteiger partial charge in [-0.25, -0.2) is 0 Å². The van der Waals surface area contributed by atoms with Crippen LogP contribution in [0, 0.1) is 11.8 Å². The number of hydrogen-bond acceptors (Lipinski definition) is 8. The third-order valence-electron chi connectivity index (χ3n) is 5.74. The minimum Gasteiger partial charge on any atom is -0.481 e. The van der Waals surface area contributed by atoms with Gasteiger partial charge in [0.1, 0.15) is 0 Å². The summed E-state index contributed by atoms with van der Waals surface area (Å²) in [4.78, 5) is 33.9. The van der Waals surface area contributed by atoms with Gasteiger partial charge in [0.05, 0.1) is 44.5 Å². The zero-order valence-electron chi connectivity index (χ0n) is 19.3. The fraction of sp³-hybridized carbons (Fsp3) is 0.500. The molecule has 8 nitrogen and oxygen atoms in total. The number of amides is 1. The van der Waals surface area contributed by atoms with E-state index in [-0.39, 0.29) is 29.0 Å². The van der Waals surface area contributed by atoms with Crippen LogP contribution in [0.25, 0.3) is 0 Å². The van der Waals surface area contributed by atoms with E-state index in [0.717, 1.165) is 18.4 Å². The molecule has 33 heavy (non-hydrogen) atoms. The van der Waals surface area contributed by atoms with Gasteiger partial charge in [-0.3, -0.25) is 9.59 Å². The van der Waals surface area contributed by atoms with E-state index in [9.17, 15) is 9.59 Å². The monoisotopic (exact) mass is 473 g/mol. The van der Waals surface area contributed by atoms with Crippen molar-refractivity contribution in [1.29, 1.82) is 0 Å². The van der Waals surface area contributed by atoms with E-state index >= 15 is 0 Å². The molecule has 0 radical (unpaired) electrons. The van der Waals surface area contributed by atoms with Crippen LogP contribution in [0.3, 0.4) is 0 Å². The molecular weight excluding hydrogens is 442 g/mol. The van der Waals surface area contributed by atoms with Gasteiger partial charge in [0.15, 0.2) is 5.82 Å². The second kappa shape index (κ2) is 12.4. The average molecular weight is 474 g/mol. The Morgan fingerprint density at radius 3 is 2.27 bits per heavy atom. The van der Waals surface area contributed by atoms with Gasteiger partial charge in [0.25, 0.3) is 0 Å². The Morgan fingerprint density at radius 2 is 1.67 bits per heavy atom. The minimum atomic E-state index is -0.355. The Balaban J connectivity index is 1.66. The van der Waals surface area contributed by atoms with Crippen molar-refractivity contribution in [3.8, 4) is 11.8 Å². The molecule has 1 aromatic carbocycles. The number of nitrogens with one attached hydrogen (secondary N) is 1. The summed E-state index contributed by atoms with van der Waals surface area (Å²) in [5, 5.41) is 2.84. The SMILES string of the molecule is COC(=O)[C@@H]1CCCC[C@H]1C(=O)NCCS[C@H](c1ccccc1)c1nc(OC)cc(OC)n1. The largest absolute Gasteiger partial charge is 0.481 e. The lowest BCUT2D eigenvalue weighted by Gasteiger charge is -2.28. The number of methoxy groups -OCH3 is 3. The van der Waals surface area contributed by atoms with E-state index < -0.39 is 0 Å².